The molecule has 3 rings (SSSR count). The third-order valence-electron chi connectivity index (χ3n) is 4.98. The minimum absolute atomic E-state index is 0.562. The van der Waals surface area contributed by atoms with Gasteiger partial charge in [0.1, 0.15) is 0 Å². The van der Waals surface area contributed by atoms with Crippen LogP contribution in [0.5, 0.6) is 0 Å². The van der Waals surface area contributed by atoms with Crippen molar-refractivity contribution in [2.75, 3.05) is 0 Å². The van der Waals surface area contributed by atoms with E-state index in [2.05, 4.69) is 48.5 Å². The second-order valence-electron chi connectivity index (χ2n) is 5.94. The van der Waals surface area contributed by atoms with Gasteiger partial charge in [-0.25, -0.2) is 0 Å². The summed E-state index contributed by atoms with van der Waals surface area (Å²) in [5.74, 6) is 1.57. The first kappa shape index (κ1) is 12.9. The first-order valence-corrected chi connectivity index (χ1v) is 7.74. The maximum Gasteiger partial charge on any atom is 0.178 e. The molecule has 0 amide bonds. The number of benzene rings is 1. The number of hydrogen-bond donors (Lipinski definition) is 1. The summed E-state index contributed by atoms with van der Waals surface area (Å²) >= 11 is 5.58. The molecule has 1 heterocycles. The van der Waals surface area contributed by atoms with Crippen molar-refractivity contribution in [3.63, 3.8) is 0 Å². The third kappa shape index (κ3) is 1.95. The van der Waals surface area contributed by atoms with E-state index < -0.39 is 0 Å². The van der Waals surface area contributed by atoms with Crippen LogP contribution in [-0.4, -0.2) is 9.55 Å². The maximum atomic E-state index is 5.58. The fraction of sp³-hybridized carbons (Fsp3) is 0.562. The van der Waals surface area contributed by atoms with Crippen LogP contribution in [-0.2, 0) is 0 Å². The lowest BCUT2D eigenvalue weighted by Gasteiger charge is -2.22. The van der Waals surface area contributed by atoms with Gasteiger partial charge in [0.05, 0.1) is 11.0 Å². The van der Waals surface area contributed by atoms with Gasteiger partial charge in [-0.15, -0.1) is 0 Å². The van der Waals surface area contributed by atoms with E-state index in [4.69, 9.17) is 12.2 Å². The first-order valence-electron chi connectivity index (χ1n) is 7.33. The number of H-pyrrole nitrogens is 1. The van der Waals surface area contributed by atoms with Crippen molar-refractivity contribution in [1.29, 1.82) is 0 Å². The fourth-order valence-corrected chi connectivity index (χ4v) is 4.17. The Bertz CT molecular complexity index is 652. The fourth-order valence-electron chi connectivity index (χ4n) is 3.84. The molecule has 0 saturated heterocycles. The number of aryl methyl sites for hydroxylation is 1. The van der Waals surface area contributed by atoms with E-state index in [-0.39, 0.29) is 0 Å². The molecule has 1 aliphatic rings. The van der Waals surface area contributed by atoms with Gasteiger partial charge in [0.15, 0.2) is 4.77 Å². The van der Waals surface area contributed by atoms with E-state index >= 15 is 0 Å². The van der Waals surface area contributed by atoms with Crippen molar-refractivity contribution in [2.45, 2.75) is 46.1 Å². The molecule has 1 aromatic heterocycles. The van der Waals surface area contributed by atoms with Gasteiger partial charge in [-0.05, 0) is 55.4 Å². The number of hydrogen-bond acceptors (Lipinski definition) is 1. The molecule has 3 unspecified atom stereocenters. The van der Waals surface area contributed by atoms with Crippen LogP contribution in [0, 0.1) is 23.5 Å². The summed E-state index contributed by atoms with van der Waals surface area (Å²) in [6.07, 6.45) is 3.88. The molecule has 2 aromatic rings. The minimum Gasteiger partial charge on any atom is -0.331 e. The zero-order chi connectivity index (χ0) is 13.6. The van der Waals surface area contributed by atoms with E-state index in [1.165, 1.54) is 35.9 Å². The molecule has 1 fully saturated rings. The third-order valence-corrected chi connectivity index (χ3v) is 5.28. The lowest BCUT2D eigenvalue weighted by molar-refractivity contribution is 0.332. The molecule has 1 saturated carbocycles. The Morgan fingerprint density at radius 2 is 2.16 bits per heavy atom. The Kier molecular flexibility index (Phi) is 3.25. The van der Waals surface area contributed by atoms with Gasteiger partial charge in [-0.1, -0.05) is 32.4 Å². The van der Waals surface area contributed by atoms with Crippen LogP contribution in [0.3, 0.4) is 0 Å². The van der Waals surface area contributed by atoms with Crippen LogP contribution in [0.4, 0.5) is 0 Å². The lowest BCUT2D eigenvalue weighted by Crippen LogP contribution is -2.16. The molecule has 1 aliphatic carbocycles. The highest BCUT2D eigenvalue weighted by atomic mass is 32.1. The molecule has 102 valence electrons. The summed E-state index contributed by atoms with van der Waals surface area (Å²) in [6.45, 7) is 6.88. The second-order valence-corrected chi connectivity index (χ2v) is 6.33. The number of nitrogens with zero attached hydrogens (tertiary/aromatic N) is 1. The van der Waals surface area contributed by atoms with E-state index in [0.29, 0.717) is 6.04 Å². The van der Waals surface area contributed by atoms with E-state index in [0.717, 1.165) is 16.6 Å². The van der Waals surface area contributed by atoms with Crippen molar-refractivity contribution in [3.8, 4) is 0 Å². The molecule has 2 nitrogen and oxygen atoms in total. The molecule has 3 atom stereocenters. The zero-order valence-corrected chi connectivity index (χ0v) is 12.8. The minimum atomic E-state index is 0.562. The van der Waals surface area contributed by atoms with Crippen LogP contribution < -0.4 is 0 Å². The molecule has 0 radical (unpaired) electrons. The van der Waals surface area contributed by atoms with Crippen LogP contribution in [0.1, 0.15) is 44.7 Å². The Morgan fingerprint density at radius 1 is 1.37 bits per heavy atom. The largest absolute Gasteiger partial charge is 0.331 e. The van der Waals surface area contributed by atoms with Crippen LogP contribution in [0.25, 0.3) is 11.0 Å². The summed E-state index contributed by atoms with van der Waals surface area (Å²) in [4.78, 5) is 3.38. The number of nitrogens with one attached hydrogen (secondary N) is 1. The zero-order valence-electron chi connectivity index (χ0n) is 11.9. The smallest absolute Gasteiger partial charge is 0.178 e. The van der Waals surface area contributed by atoms with E-state index in [1.807, 2.05) is 0 Å². The van der Waals surface area contributed by atoms with Crippen molar-refractivity contribution < 1.29 is 0 Å². The number of para-hydroxylation sites is 1. The van der Waals surface area contributed by atoms with Gasteiger partial charge in [0, 0.05) is 6.04 Å². The summed E-state index contributed by atoms with van der Waals surface area (Å²) in [5.41, 5.74) is 3.80. The van der Waals surface area contributed by atoms with Crippen molar-refractivity contribution in [1.82, 2.24) is 9.55 Å². The Labute approximate surface area is 119 Å². The SMILES string of the molecule is CCC1CCC(n2c(=S)[nH]c3cccc(C)c32)C1C. The Morgan fingerprint density at radius 3 is 2.84 bits per heavy atom. The molecule has 3 heteroatoms. The highest BCUT2D eigenvalue weighted by Crippen LogP contribution is 2.43. The molecule has 0 bridgehead atoms. The van der Waals surface area contributed by atoms with Gasteiger partial charge in [-0.3, -0.25) is 0 Å². The summed E-state index contributed by atoms with van der Waals surface area (Å²) in [5, 5.41) is 0. The van der Waals surface area contributed by atoms with Crippen LogP contribution >= 0.6 is 12.2 Å². The number of aromatic nitrogens is 2. The lowest BCUT2D eigenvalue weighted by atomic mass is 9.93. The van der Waals surface area contributed by atoms with E-state index in [9.17, 15) is 0 Å². The molecule has 0 aliphatic heterocycles. The number of imidazole rings is 1. The normalized spacial score (nSPS) is 27.2. The number of rotatable bonds is 2. The monoisotopic (exact) mass is 274 g/mol. The predicted octanol–water partition coefficient (Wildman–Crippen LogP) is 5.00. The number of fused-ring (bicyclic) bond motifs is 1. The molecule has 19 heavy (non-hydrogen) atoms. The second kappa shape index (κ2) is 4.78. The van der Waals surface area contributed by atoms with Crippen LogP contribution in [0.15, 0.2) is 18.2 Å². The number of aromatic amines is 1. The molecule has 1 aromatic carbocycles. The van der Waals surface area contributed by atoms with E-state index in [1.54, 1.807) is 0 Å². The average molecular weight is 274 g/mol. The topological polar surface area (TPSA) is 20.7 Å². The average Bonchev–Trinajstić information content (AvgIpc) is 2.90. The van der Waals surface area contributed by atoms with Crippen molar-refractivity contribution >= 4 is 23.3 Å². The molecule has 1 N–H and O–H groups in total. The summed E-state index contributed by atoms with van der Waals surface area (Å²) < 4.78 is 3.28. The predicted molar refractivity (Wildman–Crippen MR) is 83.1 cm³/mol. The summed E-state index contributed by atoms with van der Waals surface area (Å²) in [6, 6.07) is 6.97. The Hall–Kier alpha value is -1.09. The first-order chi connectivity index (χ1) is 9.13. The maximum absolute atomic E-state index is 5.58. The van der Waals surface area contributed by atoms with Gasteiger partial charge in [0.25, 0.3) is 0 Å². The van der Waals surface area contributed by atoms with Gasteiger partial charge < -0.3 is 9.55 Å². The summed E-state index contributed by atoms with van der Waals surface area (Å²) in [7, 11) is 0. The highest BCUT2D eigenvalue weighted by Gasteiger charge is 2.33. The molecular weight excluding hydrogens is 252 g/mol. The van der Waals surface area contributed by atoms with Crippen molar-refractivity contribution in [2.24, 2.45) is 11.8 Å². The quantitative estimate of drug-likeness (QED) is 0.764. The standard InChI is InChI=1S/C16H22N2S/c1-4-12-8-9-14(11(12)3)18-15-10(2)6-5-7-13(15)17-16(18)19/h5-7,11-12,14H,4,8-9H2,1-3H3,(H,17,19). The van der Waals surface area contributed by atoms with Gasteiger partial charge >= 0.3 is 0 Å². The van der Waals surface area contributed by atoms with Gasteiger partial charge in [0.2, 0.25) is 0 Å². The molecule has 0 spiro atoms. The van der Waals surface area contributed by atoms with Gasteiger partial charge in [-0.2, -0.15) is 0 Å². The van der Waals surface area contributed by atoms with Crippen molar-refractivity contribution in [3.05, 3.63) is 28.5 Å². The highest BCUT2D eigenvalue weighted by molar-refractivity contribution is 7.71. The van der Waals surface area contributed by atoms with Crippen LogP contribution in [0.2, 0.25) is 0 Å². The Balaban J connectivity index is 2.16. The molecular formula is C16H22N2S.